The van der Waals surface area contributed by atoms with Crippen molar-refractivity contribution < 1.29 is 26.3 Å². The molecule has 1 aliphatic rings. The predicted octanol–water partition coefficient (Wildman–Crippen LogP) is 2.69. The molecule has 0 radical (unpaired) electrons. The van der Waals surface area contributed by atoms with Crippen LogP contribution in [-0.4, -0.2) is 58.2 Å². The summed E-state index contributed by atoms with van der Waals surface area (Å²) in [5.74, 6) is 0. The summed E-state index contributed by atoms with van der Waals surface area (Å²) >= 11 is -0.270. The summed E-state index contributed by atoms with van der Waals surface area (Å²) in [4.78, 5) is 2.05. The second-order valence-corrected chi connectivity index (χ2v) is 8.63. The van der Waals surface area contributed by atoms with Gasteiger partial charge in [-0.15, -0.1) is 0 Å². The minimum Gasteiger partial charge on any atom is -0.383 e. The zero-order valence-corrected chi connectivity index (χ0v) is 15.4. The van der Waals surface area contributed by atoms with Crippen LogP contribution in [0, 0.1) is 0 Å². The maximum Gasteiger partial charge on any atom is 0.446 e. The van der Waals surface area contributed by atoms with E-state index in [0.29, 0.717) is 13.2 Å². The van der Waals surface area contributed by atoms with Crippen LogP contribution in [0.2, 0.25) is 0 Å². The van der Waals surface area contributed by atoms with Gasteiger partial charge in [-0.3, -0.25) is 4.90 Å². The minimum absolute atomic E-state index is 0.0342. The van der Waals surface area contributed by atoms with Crippen LogP contribution in [0.25, 0.3) is 0 Å². The fourth-order valence-corrected chi connectivity index (χ4v) is 4.48. The Morgan fingerprint density at radius 2 is 2.00 bits per heavy atom. The molecule has 0 amide bonds. The van der Waals surface area contributed by atoms with E-state index in [1.54, 1.807) is 7.11 Å². The highest BCUT2D eigenvalue weighted by atomic mass is 32.2. The molecule has 1 unspecified atom stereocenters. The van der Waals surface area contributed by atoms with Crippen molar-refractivity contribution in [1.29, 1.82) is 0 Å². The van der Waals surface area contributed by atoms with E-state index >= 15 is 0 Å². The molecule has 1 saturated heterocycles. The summed E-state index contributed by atoms with van der Waals surface area (Å²) < 4.78 is 69.5. The Balaban J connectivity index is 1.98. The molecule has 0 aromatic heterocycles. The van der Waals surface area contributed by atoms with E-state index < -0.39 is 15.5 Å². The molecule has 0 spiro atoms. The third-order valence-corrected chi connectivity index (χ3v) is 6.08. The van der Waals surface area contributed by atoms with Gasteiger partial charge in [0, 0.05) is 31.1 Å². The van der Waals surface area contributed by atoms with E-state index in [4.69, 9.17) is 4.74 Å². The number of piperidine rings is 1. The minimum atomic E-state index is -4.40. The van der Waals surface area contributed by atoms with Crippen molar-refractivity contribution in [2.24, 2.45) is 0 Å². The van der Waals surface area contributed by atoms with Gasteiger partial charge in [0.05, 0.1) is 11.5 Å². The van der Waals surface area contributed by atoms with Gasteiger partial charge >= 0.3 is 5.51 Å². The molecule has 1 aliphatic heterocycles. The standard InChI is InChI=1S/C15H21F3N2O3S2/c1-23-10-9-20-8-2-3-12(11-20)19-25(21,22)14-6-4-13(5-7-14)24-15(16,17)18/h4-7,12,19H,2-3,8-11H2,1H3. The molecule has 142 valence electrons. The Bertz CT molecular complexity index is 651. The molecule has 0 bridgehead atoms. The lowest BCUT2D eigenvalue weighted by atomic mass is 10.1. The zero-order valence-electron chi connectivity index (χ0n) is 13.8. The lowest BCUT2D eigenvalue weighted by Crippen LogP contribution is -2.48. The third kappa shape index (κ3) is 6.78. The Morgan fingerprint density at radius 1 is 1.32 bits per heavy atom. The fourth-order valence-electron chi connectivity index (χ4n) is 2.68. The summed E-state index contributed by atoms with van der Waals surface area (Å²) in [5.41, 5.74) is -4.40. The molecular formula is C15H21F3N2O3S2. The number of hydrogen-bond donors (Lipinski definition) is 1. The molecule has 0 saturated carbocycles. The topological polar surface area (TPSA) is 58.6 Å². The van der Waals surface area contributed by atoms with Crippen molar-refractivity contribution in [2.75, 3.05) is 33.4 Å². The summed E-state index contributed by atoms with van der Waals surface area (Å²) in [7, 11) is -2.15. The van der Waals surface area contributed by atoms with Crippen molar-refractivity contribution >= 4 is 21.8 Å². The highest BCUT2D eigenvalue weighted by molar-refractivity contribution is 8.00. The first kappa shape index (κ1) is 20.5. The molecule has 2 rings (SSSR count). The normalized spacial score (nSPS) is 19.9. The number of benzene rings is 1. The van der Waals surface area contributed by atoms with Gasteiger partial charge in [-0.25, -0.2) is 13.1 Å². The number of methoxy groups -OCH3 is 1. The van der Waals surface area contributed by atoms with Gasteiger partial charge in [0.15, 0.2) is 0 Å². The average Bonchev–Trinajstić information content (AvgIpc) is 2.52. The molecule has 10 heteroatoms. The van der Waals surface area contributed by atoms with Gasteiger partial charge in [-0.2, -0.15) is 13.2 Å². The highest BCUT2D eigenvalue weighted by Gasteiger charge is 2.30. The van der Waals surface area contributed by atoms with Gasteiger partial charge in [0.1, 0.15) is 0 Å². The van der Waals surface area contributed by atoms with Crippen LogP contribution in [0.3, 0.4) is 0 Å². The quantitative estimate of drug-likeness (QED) is 0.716. The lowest BCUT2D eigenvalue weighted by Gasteiger charge is -2.32. The Hall–Kier alpha value is -0.810. The second-order valence-electron chi connectivity index (χ2n) is 5.77. The molecule has 1 N–H and O–H groups in total. The lowest BCUT2D eigenvalue weighted by molar-refractivity contribution is -0.0328. The third-order valence-electron chi connectivity index (χ3n) is 3.81. The number of nitrogens with zero attached hydrogens (tertiary/aromatic N) is 1. The van der Waals surface area contributed by atoms with Gasteiger partial charge in [-0.1, -0.05) is 0 Å². The largest absolute Gasteiger partial charge is 0.446 e. The average molecular weight is 398 g/mol. The fraction of sp³-hybridized carbons (Fsp3) is 0.600. The second kappa shape index (κ2) is 8.72. The van der Waals surface area contributed by atoms with Gasteiger partial charge in [0.25, 0.3) is 0 Å². The van der Waals surface area contributed by atoms with Crippen LogP contribution in [-0.2, 0) is 14.8 Å². The smallest absolute Gasteiger partial charge is 0.383 e. The van der Waals surface area contributed by atoms with E-state index in [0.717, 1.165) is 25.9 Å². The SMILES string of the molecule is COCCN1CCCC(NS(=O)(=O)c2ccc(SC(F)(F)F)cc2)C1. The van der Waals surface area contributed by atoms with E-state index in [1.807, 2.05) is 0 Å². The van der Waals surface area contributed by atoms with E-state index in [-0.39, 0.29) is 27.6 Å². The van der Waals surface area contributed by atoms with E-state index in [1.165, 1.54) is 24.3 Å². The number of thioether (sulfide) groups is 1. The summed E-state index contributed by atoms with van der Waals surface area (Å²) in [6, 6.07) is 4.50. The van der Waals surface area contributed by atoms with Crippen LogP contribution in [0.1, 0.15) is 12.8 Å². The molecular weight excluding hydrogens is 377 g/mol. The molecule has 1 atom stereocenters. The Kier molecular flexibility index (Phi) is 7.15. The molecule has 1 aromatic carbocycles. The van der Waals surface area contributed by atoms with E-state index in [2.05, 4.69) is 9.62 Å². The molecule has 5 nitrogen and oxygen atoms in total. The first-order valence-corrected chi connectivity index (χ1v) is 10.1. The van der Waals surface area contributed by atoms with Crippen molar-refractivity contribution in [3.8, 4) is 0 Å². The molecule has 1 aromatic rings. The summed E-state index contributed by atoms with van der Waals surface area (Å²) in [5, 5.41) is 0. The number of ether oxygens (including phenoxy) is 1. The number of hydrogen-bond acceptors (Lipinski definition) is 5. The van der Waals surface area contributed by atoms with Crippen LogP contribution in [0.15, 0.2) is 34.1 Å². The first-order valence-electron chi connectivity index (χ1n) is 7.79. The van der Waals surface area contributed by atoms with Gasteiger partial charge in [0.2, 0.25) is 10.0 Å². The maximum absolute atomic E-state index is 12.4. The van der Waals surface area contributed by atoms with Gasteiger partial charge < -0.3 is 4.74 Å². The number of likely N-dealkylation sites (tertiary alicyclic amines) is 1. The molecule has 25 heavy (non-hydrogen) atoms. The van der Waals surface area contributed by atoms with Crippen LogP contribution < -0.4 is 4.72 Å². The summed E-state index contributed by atoms with van der Waals surface area (Å²) in [6.45, 7) is 2.80. The zero-order chi connectivity index (χ0) is 18.5. The monoisotopic (exact) mass is 398 g/mol. The van der Waals surface area contributed by atoms with Crippen LogP contribution in [0.5, 0.6) is 0 Å². The molecule has 1 heterocycles. The number of alkyl halides is 3. The van der Waals surface area contributed by atoms with E-state index in [9.17, 15) is 21.6 Å². The predicted molar refractivity (Wildman–Crippen MR) is 90.0 cm³/mol. The van der Waals surface area contributed by atoms with Crippen molar-refractivity contribution in [3.63, 3.8) is 0 Å². The Labute approximate surface area is 150 Å². The summed E-state index contributed by atoms with van der Waals surface area (Å²) in [6.07, 6.45) is 1.60. The highest BCUT2D eigenvalue weighted by Crippen LogP contribution is 2.36. The van der Waals surface area contributed by atoms with Crippen LogP contribution in [0.4, 0.5) is 13.2 Å². The van der Waals surface area contributed by atoms with Gasteiger partial charge in [-0.05, 0) is 55.4 Å². The number of sulfonamides is 1. The number of nitrogens with one attached hydrogen (secondary N) is 1. The maximum atomic E-state index is 12.4. The van der Waals surface area contributed by atoms with Crippen molar-refractivity contribution in [1.82, 2.24) is 9.62 Å². The molecule has 1 fully saturated rings. The van der Waals surface area contributed by atoms with Crippen LogP contribution >= 0.6 is 11.8 Å². The Morgan fingerprint density at radius 3 is 2.60 bits per heavy atom. The number of halogens is 3. The molecule has 0 aliphatic carbocycles. The van der Waals surface area contributed by atoms with Crippen molar-refractivity contribution in [2.45, 2.75) is 34.2 Å². The van der Waals surface area contributed by atoms with Crippen molar-refractivity contribution in [3.05, 3.63) is 24.3 Å². The number of rotatable bonds is 7. The first-order chi connectivity index (χ1) is 11.7.